The number of pyridine rings is 1. The maximum atomic E-state index is 13.2. The van der Waals surface area contributed by atoms with Gasteiger partial charge in [0.05, 0.1) is 18.7 Å². The molecule has 3 aromatic rings. The average Bonchev–Trinajstić information content (AvgIpc) is 3.34. The summed E-state index contributed by atoms with van der Waals surface area (Å²) in [5, 5.41) is 11.3. The third-order valence-electron chi connectivity index (χ3n) is 5.92. The van der Waals surface area contributed by atoms with Crippen LogP contribution in [0.3, 0.4) is 0 Å². The fourth-order valence-electron chi connectivity index (χ4n) is 4.42. The molecule has 2 atom stereocenters. The third kappa shape index (κ3) is 3.51. The number of hydrogen-bond acceptors (Lipinski definition) is 6. The average molecular weight is 442 g/mol. The predicted molar refractivity (Wildman–Crippen MR) is 122 cm³/mol. The van der Waals surface area contributed by atoms with Gasteiger partial charge in [0.15, 0.2) is 0 Å². The molecular formula is C26H22N2O5. The highest BCUT2D eigenvalue weighted by atomic mass is 16.5. The van der Waals surface area contributed by atoms with Crippen LogP contribution in [0.4, 0.5) is 5.82 Å². The monoisotopic (exact) mass is 442 g/mol. The first kappa shape index (κ1) is 20.8. The van der Waals surface area contributed by atoms with E-state index in [0.717, 1.165) is 11.3 Å². The number of nitrogens with zero attached hydrogens (tertiary/aromatic N) is 2. The van der Waals surface area contributed by atoms with E-state index in [1.54, 1.807) is 67.9 Å². The van der Waals surface area contributed by atoms with Crippen molar-refractivity contribution in [3.8, 4) is 11.5 Å². The topological polar surface area (TPSA) is 89.0 Å². The van der Waals surface area contributed by atoms with Gasteiger partial charge in [0.25, 0.3) is 5.78 Å². The minimum Gasteiger partial charge on any atom is -0.507 e. The van der Waals surface area contributed by atoms with Crippen LogP contribution in [0, 0.1) is 0 Å². The Kier molecular flexibility index (Phi) is 5.09. The molecule has 0 spiro atoms. The number of aliphatic hydroxyl groups is 1. The van der Waals surface area contributed by atoms with Crippen LogP contribution >= 0.6 is 0 Å². The zero-order chi connectivity index (χ0) is 23.1. The van der Waals surface area contributed by atoms with Crippen LogP contribution in [-0.4, -0.2) is 35.0 Å². The zero-order valence-electron chi connectivity index (χ0n) is 18.2. The second kappa shape index (κ2) is 8.09. The summed E-state index contributed by atoms with van der Waals surface area (Å²) in [5.74, 6) is -0.0954. The van der Waals surface area contributed by atoms with Crippen LogP contribution < -0.4 is 14.4 Å². The Balaban J connectivity index is 1.70. The van der Waals surface area contributed by atoms with E-state index >= 15 is 0 Å². The van der Waals surface area contributed by atoms with E-state index in [1.165, 1.54) is 4.90 Å². The Bertz CT molecular complexity index is 1280. The van der Waals surface area contributed by atoms with Gasteiger partial charge in [0, 0.05) is 18.2 Å². The van der Waals surface area contributed by atoms with Crippen molar-refractivity contribution in [3.05, 3.63) is 89.1 Å². The van der Waals surface area contributed by atoms with Crippen molar-refractivity contribution in [1.82, 2.24) is 4.98 Å². The number of carbonyl (C=O) groups excluding carboxylic acids is 2. The minimum atomic E-state index is -0.863. The number of anilines is 1. The molecular weight excluding hydrogens is 420 g/mol. The number of aromatic nitrogens is 1. The number of hydrogen-bond donors (Lipinski definition) is 1. The summed E-state index contributed by atoms with van der Waals surface area (Å²) < 4.78 is 11.1. The lowest BCUT2D eigenvalue weighted by atomic mass is 9.94. The first-order valence-electron chi connectivity index (χ1n) is 10.6. The van der Waals surface area contributed by atoms with Gasteiger partial charge in [-0.1, -0.05) is 18.2 Å². The van der Waals surface area contributed by atoms with Gasteiger partial charge in [-0.3, -0.25) is 14.5 Å². The Morgan fingerprint density at radius 1 is 1.12 bits per heavy atom. The Morgan fingerprint density at radius 3 is 2.73 bits per heavy atom. The van der Waals surface area contributed by atoms with Crippen LogP contribution in [-0.2, 0) is 16.0 Å². The molecule has 0 bridgehead atoms. The van der Waals surface area contributed by atoms with Gasteiger partial charge in [-0.2, -0.15) is 0 Å². The van der Waals surface area contributed by atoms with E-state index in [-0.39, 0.29) is 17.4 Å². The van der Waals surface area contributed by atoms with Crippen LogP contribution in [0.1, 0.15) is 29.7 Å². The van der Waals surface area contributed by atoms with Gasteiger partial charge in [-0.25, -0.2) is 4.98 Å². The SMILES string of the molecule is COc1cccc(C2/C(=C(\O)c3ccc4c(c3)CC(C)O4)C(=O)C(=O)N2c2ccccn2)c1. The van der Waals surface area contributed by atoms with Crippen LogP contribution in [0.5, 0.6) is 11.5 Å². The molecule has 0 saturated carbocycles. The Hall–Kier alpha value is -4.13. The van der Waals surface area contributed by atoms with Crippen molar-refractivity contribution in [2.45, 2.75) is 25.5 Å². The summed E-state index contributed by atoms with van der Waals surface area (Å²) >= 11 is 0. The summed E-state index contributed by atoms with van der Waals surface area (Å²) in [7, 11) is 1.54. The molecule has 0 radical (unpaired) electrons. The molecule has 1 aromatic heterocycles. The molecule has 1 saturated heterocycles. The number of methoxy groups -OCH3 is 1. The van der Waals surface area contributed by atoms with Crippen molar-refractivity contribution in [1.29, 1.82) is 0 Å². The maximum Gasteiger partial charge on any atom is 0.301 e. The highest BCUT2D eigenvalue weighted by molar-refractivity contribution is 6.51. The van der Waals surface area contributed by atoms with E-state index in [2.05, 4.69) is 4.98 Å². The second-order valence-electron chi connectivity index (χ2n) is 8.09. The van der Waals surface area contributed by atoms with Gasteiger partial charge in [-0.15, -0.1) is 0 Å². The number of rotatable bonds is 4. The molecule has 1 N–H and O–H groups in total. The van der Waals surface area contributed by atoms with E-state index in [1.807, 2.05) is 13.0 Å². The molecule has 2 aromatic carbocycles. The molecule has 1 fully saturated rings. The van der Waals surface area contributed by atoms with Gasteiger partial charge >= 0.3 is 5.91 Å². The lowest BCUT2D eigenvalue weighted by Gasteiger charge is -2.24. The molecule has 166 valence electrons. The van der Waals surface area contributed by atoms with E-state index in [0.29, 0.717) is 29.1 Å². The highest BCUT2D eigenvalue weighted by Crippen LogP contribution is 2.42. The third-order valence-corrected chi connectivity index (χ3v) is 5.92. The lowest BCUT2D eigenvalue weighted by Crippen LogP contribution is -2.30. The molecule has 33 heavy (non-hydrogen) atoms. The van der Waals surface area contributed by atoms with Gasteiger partial charge in [0.2, 0.25) is 0 Å². The summed E-state index contributed by atoms with van der Waals surface area (Å²) in [5.41, 5.74) is 2.03. The van der Waals surface area contributed by atoms with E-state index in [9.17, 15) is 14.7 Å². The van der Waals surface area contributed by atoms with Gasteiger partial charge in [0.1, 0.15) is 29.2 Å². The molecule has 7 nitrogen and oxygen atoms in total. The number of benzene rings is 2. The number of carbonyl (C=O) groups is 2. The van der Waals surface area contributed by atoms with Crippen molar-refractivity contribution in [2.75, 3.05) is 12.0 Å². The van der Waals surface area contributed by atoms with Crippen LogP contribution in [0.25, 0.3) is 5.76 Å². The molecule has 0 aliphatic carbocycles. The largest absolute Gasteiger partial charge is 0.507 e. The fraction of sp³-hybridized carbons (Fsp3) is 0.192. The smallest absolute Gasteiger partial charge is 0.301 e. The Morgan fingerprint density at radius 2 is 1.97 bits per heavy atom. The van der Waals surface area contributed by atoms with Gasteiger partial charge in [-0.05, 0) is 60.5 Å². The van der Waals surface area contributed by atoms with Crippen molar-refractivity contribution >= 4 is 23.3 Å². The molecule has 5 rings (SSSR count). The maximum absolute atomic E-state index is 13.2. The highest BCUT2D eigenvalue weighted by Gasteiger charge is 2.47. The number of Topliss-reactive ketones (excluding diaryl/α,β-unsaturated/α-hetero) is 1. The quantitative estimate of drug-likeness (QED) is 0.373. The molecule has 2 aliphatic heterocycles. The van der Waals surface area contributed by atoms with E-state index in [4.69, 9.17) is 9.47 Å². The van der Waals surface area contributed by atoms with Crippen molar-refractivity contribution < 1.29 is 24.2 Å². The number of ketones is 1. The summed E-state index contributed by atoms with van der Waals surface area (Å²) in [6.07, 6.45) is 2.31. The number of amides is 1. The fourth-order valence-corrected chi connectivity index (χ4v) is 4.42. The molecule has 7 heteroatoms. The molecule has 1 amide bonds. The number of fused-ring (bicyclic) bond motifs is 1. The summed E-state index contributed by atoms with van der Waals surface area (Å²) in [4.78, 5) is 32.0. The molecule has 3 heterocycles. The lowest BCUT2D eigenvalue weighted by molar-refractivity contribution is -0.132. The first-order chi connectivity index (χ1) is 16.0. The summed E-state index contributed by atoms with van der Waals surface area (Å²) in [6.45, 7) is 1.97. The first-order valence-corrected chi connectivity index (χ1v) is 10.6. The standard InChI is InChI=1S/C26H22N2O5/c1-15-12-18-13-17(9-10-20(18)33-15)24(29)22-23(16-6-5-7-19(14-16)32-2)28(26(31)25(22)30)21-8-3-4-11-27-21/h3-11,13-15,23,29H,12H2,1-2H3/b24-22+. The number of aliphatic hydroxyl groups excluding tert-OH is 1. The normalized spacial score (nSPS) is 21.1. The van der Waals surface area contributed by atoms with Crippen molar-refractivity contribution in [3.63, 3.8) is 0 Å². The van der Waals surface area contributed by atoms with Gasteiger partial charge < -0.3 is 14.6 Å². The summed E-state index contributed by atoms with van der Waals surface area (Å²) in [6, 6.07) is 16.7. The second-order valence-corrected chi connectivity index (χ2v) is 8.09. The number of ether oxygens (including phenoxy) is 2. The van der Waals surface area contributed by atoms with Crippen molar-refractivity contribution in [2.24, 2.45) is 0 Å². The molecule has 2 unspecified atom stereocenters. The van der Waals surface area contributed by atoms with E-state index < -0.39 is 17.7 Å². The van der Waals surface area contributed by atoms with Crippen LogP contribution in [0.15, 0.2) is 72.4 Å². The molecule has 2 aliphatic rings. The Labute approximate surface area is 190 Å². The predicted octanol–water partition coefficient (Wildman–Crippen LogP) is 4.04. The van der Waals surface area contributed by atoms with Crippen LogP contribution in [0.2, 0.25) is 0 Å². The minimum absolute atomic E-state index is 0.00539. The zero-order valence-corrected chi connectivity index (χ0v) is 18.2.